The maximum absolute atomic E-state index is 12.4. The van der Waals surface area contributed by atoms with E-state index in [9.17, 15) is 8.42 Å². The minimum Gasteiger partial charge on any atom is -0.271 e. The minimum atomic E-state index is -3.50. The lowest BCUT2D eigenvalue weighted by atomic mass is 9.88. The van der Waals surface area contributed by atoms with Gasteiger partial charge in [-0.25, -0.2) is 13.1 Å². The van der Waals surface area contributed by atoms with Crippen molar-refractivity contribution in [1.29, 1.82) is 0 Å². The Morgan fingerprint density at radius 2 is 1.95 bits per heavy atom. The highest BCUT2D eigenvalue weighted by Crippen LogP contribution is 2.24. The van der Waals surface area contributed by atoms with Crippen molar-refractivity contribution in [2.24, 2.45) is 12.5 Å². The van der Waals surface area contributed by atoms with Gasteiger partial charge in [0, 0.05) is 18.9 Å². The zero-order chi connectivity index (χ0) is 15.6. The van der Waals surface area contributed by atoms with Crippen LogP contribution in [0.1, 0.15) is 38.1 Å². The van der Waals surface area contributed by atoms with E-state index in [-0.39, 0.29) is 5.41 Å². The van der Waals surface area contributed by atoms with Gasteiger partial charge in [-0.15, -0.1) is 0 Å². The fraction of sp³-hybridized carbons (Fsp3) is 0.769. The average molecular weight is 366 g/mol. The molecule has 1 aromatic rings. The molecule has 0 bridgehead atoms. The Bertz CT molecular complexity index is 564. The van der Waals surface area contributed by atoms with Gasteiger partial charge in [-0.3, -0.25) is 4.68 Å². The van der Waals surface area contributed by atoms with Crippen LogP contribution in [-0.4, -0.2) is 30.1 Å². The van der Waals surface area contributed by atoms with Crippen molar-refractivity contribution < 1.29 is 8.42 Å². The van der Waals surface area contributed by atoms with Crippen molar-refractivity contribution in [1.82, 2.24) is 14.5 Å². The predicted molar refractivity (Wildman–Crippen MR) is 84.7 cm³/mol. The summed E-state index contributed by atoms with van der Waals surface area (Å²) < 4.78 is 29.2. The van der Waals surface area contributed by atoms with Crippen LogP contribution in [-0.2, 0) is 17.1 Å². The van der Waals surface area contributed by atoms with Crippen LogP contribution in [0.25, 0.3) is 0 Å². The Morgan fingerprint density at radius 1 is 1.35 bits per heavy atom. The zero-order valence-corrected chi connectivity index (χ0v) is 15.2. The molecule has 0 unspecified atom stereocenters. The summed E-state index contributed by atoms with van der Waals surface area (Å²) in [4.78, 5) is 0.302. The van der Waals surface area contributed by atoms with Crippen molar-refractivity contribution in [3.63, 3.8) is 0 Å². The van der Waals surface area contributed by atoms with Crippen LogP contribution in [0.4, 0.5) is 0 Å². The third-order valence-electron chi connectivity index (χ3n) is 3.44. The fourth-order valence-corrected chi connectivity index (χ4v) is 4.10. The standard InChI is InChI=1S/C13H24BrN3O2S/c1-10-12(11(2)17(5)16-10)20(18,19)15-9-13(3,4)7-6-8-14/h15H,6-9H2,1-5H3. The van der Waals surface area contributed by atoms with Gasteiger partial charge in [0.1, 0.15) is 4.90 Å². The summed E-state index contributed by atoms with van der Waals surface area (Å²) in [5.41, 5.74) is 1.13. The van der Waals surface area contributed by atoms with E-state index in [1.54, 1.807) is 25.6 Å². The van der Waals surface area contributed by atoms with E-state index >= 15 is 0 Å². The van der Waals surface area contributed by atoms with Gasteiger partial charge in [-0.2, -0.15) is 5.10 Å². The fourth-order valence-electron chi connectivity index (χ4n) is 2.14. The number of sulfonamides is 1. The number of nitrogens with one attached hydrogen (secondary N) is 1. The molecule has 0 radical (unpaired) electrons. The molecule has 0 saturated heterocycles. The minimum absolute atomic E-state index is 0.0646. The Morgan fingerprint density at radius 3 is 2.40 bits per heavy atom. The molecule has 7 heteroatoms. The van der Waals surface area contributed by atoms with Crippen LogP contribution < -0.4 is 4.72 Å². The molecule has 0 aliphatic heterocycles. The van der Waals surface area contributed by atoms with Crippen molar-refractivity contribution in [3.05, 3.63) is 11.4 Å². The van der Waals surface area contributed by atoms with E-state index in [2.05, 4.69) is 39.6 Å². The molecule has 1 heterocycles. The van der Waals surface area contributed by atoms with Crippen LogP contribution in [0, 0.1) is 19.3 Å². The molecule has 0 aromatic carbocycles. The summed E-state index contributed by atoms with van der Waals surface area (Å²) in [7, 11) is -1.75. The first-order chi connectivity index (χ1) is 9.10. The third-order valence-corrected chi connectivity index (χ3v) is 5.65. The molecule has 0 spiro atoms. The molecule has 0 fully saturated rings. The number of aromatic nitrogens is 2. The highest BCUT2D eigenvalue weighted by Gasteiger charge is 2.26. The number of nitrogens with zero attached hydrogens (tertiary/aromatic N) is 2. The van der Waals surface area contributed by atoms with Gasteiger partial charge in [0.15, 0.2) is 0 Å². The van der Waals surface area contributed by atoms with Crippen LogP contribution in [0.5, 0.6) is 0 Å². The summed E-state index contributed by atoms with van der Waals surface area (Å²) in [6.07, 6.45) is 1.99. The number of hydrogen-bond donors (Lipinski definition) is 1. The first-order valence-electron chi connectivity index (χ1n) is 6.66. The van der Waals surface area contributed by atoms with Crippen molar-refractivity contribution in [3.8, 4) is 0 Å². The van der Waals surface area contributed by atoms with Crippen LogP contribution >= 0.6 is 15.9 Å². The monoisotopic (exact) mass is 365 g/mol. The Hall–Kier alpha value is -0.400. The lowest BCUT2D eigenvalue weighted by molar-refractivity contribution is 0.332. The number of alkyl halides is 1. The van der Waals surface area contributed by atoms with Gasteiger partial charge < -0.3 is 0 Å². The Labute approximate surface area is 130 Å². The van der Waals surface area contributed by atoms with E-state index < -0.39 is 10.0 Å². The summed E-state index contributed by atoms with van der Waals surface area (Å²) in [5, 5.41) is 5.10. The number of halogens is 1. The topological polar surface area (TPSA) is 64.0 Å². The normalized spacial score (nSPS) is 12.9. The van der Waals surface area contributed by atoms with E-state index in [1.165, 1.54) is 0 Å². The Kier molecular flexibility index (Phi) is 5.80. The number of rotatable bonds is 7. The molecule has 5 nitrogen and oxygen atoms in total. The molecule has 0 aliphatic carbocycles. The second-order valence-corrected chi connectivity index (χ2v) is 8.40. The maximum atomic E-state index is 12.4. The highest BCUT2D eigenvalue weighted by atomic mass is 79.9. The second-order valence-electron chi connectivity index (χ2n) is 5.90. The molecule has 1 aromatic heterocycles. The van der Waals surface area contributed by atoms with E-state index in [4.69, 9.17) is 0 Å². The van der Waals surface area contributed by atoms with Crippen molar-refractivity contribution in [2.45, 2.75) is 45.4 Å². The first kappa shape index (κ1) is 17.7. The van der Waals surface area contributed by atoms with E-state index in [1.807, 2.05) is 0 Å². The van der Waals surface area contributed by atoms with Gasteiger partial charge in [0.05, 0.1) is 11.4 Å². The first-order valence-corrected chi connectivity index (χ1v) is 9.27. The lowest BCUT2D eigenvalue weighted by Gasteiger charge is -2.24. The van der Waals surface area contributed by atoms with E-state index in [0.29, 0.717) is 22.8 Å². The maximum Gasteiger partial charge on any atom is 0.244 e. The summed E-state index contributed by atoms with van der Waals surface area (Å²) in [6.45, 7) is 8.06. The number of aryl methyl sites for hydroxylation is 2. The molecule has 0 amide bonds. The smallest absolute Gasteiger partial charge is 0.244 e. The molecule has 1 rings (SSSR count). The molecular weight excluding hydrogens is 342 g/mol. The lowest BCUT2D eigenvalue weighted by Crippen LogP contribution is -2.34. The molecule has 116 valence electrons. The van der Waals surface area contributed by atoms with Gasteiger partial charge in [0.25, 0.3) is 0 Å². The van der Waals surface area contributed by atoms with Gasteiger partial charge in [-0.05, 0) is 32.1 Å². The predicted octanol–water partition coefficient (Wildman–Crippen LogP) is 2.52. The van der Waals surface area contributed by atoms with Crippen LogP contribution in [0.2, 0.25) is 0 Å². The largest absolute Gasteiger partial charge is 0.271 e. The number of hydrogen-bond acceptors (Lipinski definition) is 3. The van der Waals surface area contributed by atoms with Gasteiger partial charge >= 0.3 is 0 Å². The van der Waals surface area contributed by atoms with Crippen LogP contribution in [0.15, 0.2) is 4.90 Å². The second kappa shape index (κ2) is 6.58. The molecule has 0 aliphatic rings. The molecule has 1 N–H and O–H groups in total. The third kappa shape index (κ3) is 4.30. The SMILES string of the molecule is Cc1nn(C)c(C)c1S(=O)(=O)NCC(C)(C)CCCBr. The Balaban J connectivity index is 2.86. The van der Waals surface area contributed by atoms with Crippen molar-refractivity contribution >= 4 is 26.0 Å². The van der Waals surface area contributed by atoms with Gasteiger partial charge in [0.2, 0.25) is 10.0 Å². The molecule has 20 heavy (non-hydrogen) atoms. The zero-order valence-electron chi connectivity index (χ0n) is 12.8. The summed E-state index contributed by atoms with van der Waals surface area (Å²) >= 11 is 3.40. The molecule has 0 atom stereocenters. The van der Waals surface area contributed by atoms with E-state index in [0.717, 1.165) is 18.2 Å². The highest BCUT2D eigenvalue weighted by molar-refractivity contribution is 9.09. The van der Waals surface area contributed by atoms with Crippen LogP contribution in [0.3, 0.4) is 0 Å². The van der Waals surface area contributed by atoms with Crippen molar-refractivity contribution in [2.75, 3.05) is 11.9 Å². The average Bonchev–Trinajstić information content (AvgIpc) is 2.59. The summed E-state index contributed by atoms with van der Waals surface area (Å²) in [5.74, 6) is 0. The quantitative estimate of drug-likeness (QED) is 0.755. The summed E-state index contributed by atoms with van der Waals surface area (Å²) in [6, 6.07) is 0. The molecular formula is C13H24BrN3O2S. The van der Waals surface area contributed by atoms with Gasteiger partial charge in [-0.1, -0.05) is 29.8 Å². The molecule has 0 saturated carbocycles.